The Labute approximate surface area is 162 Å². The molecule has 1 aliphatic rings. The van der Waals surface area contributed by atoms with Gasteiger partial charge in [-0.3, -0.25) is 14.7 Å². The molecular weight excluding hydrogens is 336 g/mol. The molecule has 1 fully saturated rings. The number of hydrogen-bond acceptors (Lipinski definition) is 4. The number of aromatic nitrogens is 1. The molecule has 4 nitrogen and oxygen atoms in total. The Morgan fingerprint density at radius 3 is 2.89 bits per heavy atom. The number of Topliss-reactive ketones (excluding diaryl/α,β-unsaturated/α-hetero) is 1. The predicted molar refractivity (Wildman–Crippen MR) is 108 cm³/mol. The molecule has 1 saturated heterocycles. The first-order valence-electron chi connectivity index (χ1n) is 10.2. The molecule has 0 N–H and O–H groups in total. The van der Waals surface area contributed by atoms with Crippen LogP contribution in [0.2, 0.25) is 0 Å². The van der Waals surface area contributed by atoms with Gasteiger partial charge in [0.1, 0.15) is 5.75 Å². The first kappa shape index (κ1) is 19.6. The molecule has 0 radical (unpaired) electrons. The van der Waals surface area contributed by atoms with Crippen LogP contribution in [0.5, 0.6) is 5.75 Å². The number of carbonyl (C=O) groups excluding carboxylic acids is 1. The lowest BCUT2D eigenvalue weighted by molar-refractivity contribution is 0.0984. The molecule has 3 rings (SSSR count). The van der Waals surface area contributed by atoms with Crippen molar-refractivity contribution in [2.24, 2.45) is 0 Å². The third-order valence-electron chi connectivity index (χ3n) is 5.29. The number of benzene rings is 1. The first-order valence-corrected chi connectivity index (χ1v) is 10.2. The van der Waals surface area contributed by atoms with Crippen LogP contribution in [0.4, 0.5) is 0 Å². The van der Waals surface area contributed by atoms with Crippen molar-refractivity contribution in [3.63, 3.8) is 0 Å². The van der Waals surface area contributed by atoms with E-state index in [-0.39, 0.29) is 5.78 Å². The van der Waals surface area contributed by atoms with Crippen LogP contribution in [0.3, 0.4) is 0 Å². The van der Waals surface area contributed by atoms with Gasteiger partial charge in [0.2, 0.25) is 0 Å². The van der Waals surface area contributed by atoms with Gasteiger partial charge in [-0.05, 0) is 62.5 Å². The fourth-order valence-corrected chi connectivity index (χ4v) is 3.82. The van der Waals surface area contributed by atoms with Crippen LogP contribution in [0, 0.1) is 0 Å². The van der Waals surface area contributed by atoms with Crippen molar-refractivity contribution in [1.29, 1.82) is 0 Å². The number of likely N-dealkylation sites (tertiary alicyclic amines) is 1. The van der Waals surface area contributed by atoms with E-state index < -0.39 is 0 Å². The van der Waals surface area contributed by atoms with E-state index in [9.17, 15) is 4.79 Å². The van der Waals surface area contributed by atoms with Crippen molar-refractivity contribution in [3.05, 3.63) is 59.9 Å². The quantitative estimate of drug-likeness (QED) is 0.459. The van der Waals surface area contributed by atoms with Crippen molar-refractivity contribution >= 4 is 5.78 Å². The monoisotopic (exact) mass is 366 g/mol. The first-order chi connectivity index (χ1) is 13.3. The third kappa shape index (κ3) is 5.39. The van der Waals surface area contributed by atoms with Crippen LogP contribution in [0.25, 0.3) is 0 Å². The third-order valence-corrected chi connectivity index (χ3v) is 5.29. The number of unbranched alkanes of at least 4 members (excludes halogenated alkanes) is 1. The number of carbonyl (C=O) groups is 1. The Hall–Kier alpha value is -2.20. The standard InChI is InChI=1S/C23H30N2O2/c1-2-22(26)20-11-3-4-13-23(20)27-17-8-7-16-25-15-6-5-12-21(25)19-10-9-14-24-18-19/h3-4,9-11,13-14,18,21H,2,5-8,12,15-17H2,1H3. The van der Waals surface area contributed by atoms with E-state index in [2.05, 4.69) is 16.0 Å². The van der Waals surface area contributed by atoms with Crippen molar-refractivity contribution in [2.75, 3.05) is 19.7 Å². The second-order valence-electron chi connectivity index (χ2n) is 7.16. The number of piperidine rings is 1. The Balaban J connectivity index is 1.47. The molecule has 1 unspecified atom stereocenters. The van der Waals surface area contributed by atoms with Gasteiger partial charge in [-0.15, -0.1) is 0 Å². The number of para-hydroxylation sites is 1. The molecule has 4 heteroatoms. The highest BCUT2D eigenvalue weighted by molar-refractivity contribution is 5.98. The van der Waals surface area contributed by atoms with Gasteiger partial charge in [0, 0.05) is 24.9 Å². The van der Waals surface area contributed by atoms with Gasteiger partial charge in [-0.1, -0.05) is 31.5 Å². The Morgan fingerprint density at radius 2 is 2.07 bits per heavy atom. The molecule has 1 aromatic heterocycles. The van der Waals surface area contributed by atoms with Crippen molar-refractivity contribution < 1.29 is 9.53 Å². The molecular formula is C23H30N2O2. The van der Waals surface area contributed by atoms with Crippen molar-refractivity contribution in [1.82, 2.24) is 9.88 Å². The number of nitrogens with zero attached hydrogens (tertiary/aromatic N) is 2. The highest BCUT2D eigenvalue weighted by atomic mass is 16.5. The zero-order valence-corrected chi connectivity index (χ0v) is 16.3. The normalized spacial score (nSPS) is 17.6. The largest absolute Gasteiger partial charge is 0.493 e. The fraction of sp³-hybridized carbons (Fsp3) is 0.478. The maximum absolute atomic E-state index is 12.0. The van der Waals surface area contributed by atoms with Gasteiger partial charge in [0.25, 0.3) is 0 Å². The Morgan fingerprint density at radius 1 is 1.19 bits per heavy atom. The summed E-state index contributed by atoms with van der Waals surface area (Å²) < 4.78 is 5.91. The van der Waals surface area contributed by atoms with Crippen LogP contribution in [-0.2, 0) is 0 Å². The van der Waals surface area contributed by atoms with Crippen LogP contribution >= 0.6 is 0 Å². The van der Waals surface area contributed by atoms with Crippen LogP contribution in [0.1, 0.15) is 67.4 Å². The fourth-order valence-electron chi connectivity index (χ4n) is 3.82. The van der Waals surface area contributed by atoms with Gasteiger partial charge in [0.15, 0.2) is 5.78 Å². The maximum Gasteiger partial charge on any atom is 0.166 e. The molecule has 144 valence electrons. The average molecular weight is 367 g/mol. The molecule has 0 amide bonds. The molecule has 2 aromatic rings. The summed E-state index contributed by atoms with van der Waals surface area (Å²) in [6.45, 7) is 4.78. The Kier molecular flexibility index (Phi) is 7.40. The van der Waals surface area contributed by atoms with E-state index in [0.29, 0.717) is 24.6 Å². The summed E-state index contributed by atoms with van der Waals surface area (Å²) in [5, 5.41) is 0. The predicted octanol–water partition coefficient (Wildman–Crippen LogP) is 5.06. The maximum atomic E-state index is 12.0. The number of ether oxygens (including phenoxy) is 1. The summed E-state index contributed by atoms with van der Waals surface area (Å²) in [4.78, 5) is 18.9. The van der Waals surface area contributed by atoms with Crippen LogP contribution in [-0.4, -0.2) is 35.4 Å². The molecule has 0 spiro atoms. The minimum atomic E-state index is 0.137. The lowest BCUT2D eigenvalue weighted by Crippen LogP contribution is -2.34. The SMILES string of the molecule is CCC(=O)c1ccccc1OCCCCN1CCCCC1c1cccnc1. The molecule has 1 aliphatic heterocycles. The molecule has 1 atom stereocenters. The summed E-state index contributed by atoms with van der Waals surface area (Å²) >= 11 is 0. The molecule has 1 aromatic carbocycles. The average Bonchev–Trinajstić information content (AvgIpc) is 2.74. The number of ketones is 1. The van der Waals surface area contributed by atoms with Gasteiger partial charge < -0.3 is 4.74 Å². The lowest BCUT2D eigenvalue weighted by atomic mass is 9.96. The van der Waals surface area contributed by atoms with E-state index >= 15 is 0 Å². The molecule has 2 heterocycles. The smallest absolute Gasteiger partial charge is 0.166 e. The van der Waals surface area contributed by atoms with Crippen molar-refractivity contribution in [2.45, 2.75) is 51.5 Å². The minimum absolute atomic E-state index is 0.137. The molecule has 0 aliphatic carbocycles. The van der Waals surface area contributed by atoms with Crippen molar-refractivity contribution in [3.8, 4) is 5.75 Å². The number of hydrogen-bond donors (Lipinski definition) is 0. The zero-order chi connectivity index (χ0) is 18.9. The second-order valence-corrected chi connectivity index (χ2v) is 7.16. The van der Waals surface area contributed by atoms with Gasteiger partial charge in [0.05, 0.1) is 12.2 Å². The summed E-state index contributed by atoms with van der Waals surface area (Å²) in [6.07, 6.45) is 10.2. The summed E-state index contributed by atoms with van der Waals surface area (Å²) in [6, 6.07) is 12.3. The van der Waals surface area contributed by atoms with Gasteiger partial charge in [-0.25, -0.2) is 0 Å². The topological polar surface area (TPSA) is 42.4 Å². The van der Waals surface area contributed by atoms with Crippen LogP contribution in [0.15, 0.2) is 48.8 Å². The van der Waals surface area contributed by atoms with Gasteiger partial charge >= 0.3 is 0 Å². The molecule has 0 saturated carbocycles. The van der Waals surface area contributed by atoms with E-state index in [1.54, 1.807) is 0 Å². The number of rotatable bonds is 9. The lowest BCUT2D eigenvalue weighted by Gasteiger charge is -2.35. The van der Waals surface area contributed by atoms with E-state index in [1.165, 1.54) is 24.8 Å². The number of pyridine rings is 1. The van der Waals surface area contributed by atoms with Crippen LogP contribution < -0.4 is 4.74 Å². The summed E-state index contributed by atoms with van der Waals surface area (Å²) in [5.41, 5.74) is 2.04. The molecule has 0 bridgehead atoms. The zero-order valence-electron chi connectivity index (χ0n) is 16.3. The highest BCUT2D eigenvalue weighted by Gasteiger charge is 2.23. The highest BCUT2D eigenvalue weighted by Crippen LogP contribution is 2.30. The van der Waals surface area contributed by atoms with Gasteiger partial charge in [-0.2, -0.15) is 0 Å². The summed E-state index contributed by atoms with van der Waals surface area (Å²) in [7, 11) is 0. The molecule has 27 heavy (non-hydrogen) atoms. The van der Waals surface area contributed by atoms with E-state index in [0.717, 1.165) is 31.7 Å². The Bertz CT molecular complexity index is 717. The van der Waals surface area contributed by atoms with E-state index in [1.807, 2.05) is 49.6 Å². The summed E-state index contributed by atoms with van der Waals surface area (Å²) in [5.74, 6) is 0.855. The van der Waals surface area contributed by atoms with E-state index in [4.69, 9.17) is 4.74 Å². The minimum Gasteiger partial charge on any atom is -0.493 e. The second kappa shape index (κ2) is 10.2.